The lowest BCUT2D eigenvalue weighted by Crippen LogP contribution is -2.28. The van der Waals surface area contributed by atoms with E-state index in [4.69, 9.17) is 5.73 Å². The van der Waals surface area contributed by atoms with Gasteiger partial charge in [-0.05, 0) is 25.5 Å². The second-order valence-electron chi connectivity index (χ2n) is 4.90. The number of thiophene rings is 1. The fourth-order valence-electron chi connectivity index (χ4n) is 1.13. The summed E-state index contributed by atoms with van der Waals surface area (Å²) in [6, 6.07) is 2.19. The summed E-state index contributed by atoms with van der Waals surface area (Å²) in [5.74, 6) is 0.728. The number of nitrogens with zero attached hydrogens (tertiary/aromatic N) is 1. The van der Waals surface area contributed by atoms with Gasteiger partial charge in [0.15, 0.2) is 0 Å². The molecule has 1 aromatic rings. The number of aryl methyl sites for hydroxylation is 2. The van der Waals surface area contributed by atoms with Crippen molar-refractivity contribution in [3.63, 3.8) is 0 Å². The summed E-state index contributed by atoms with van der Waals surface area (Å²) in [7, 11) is 0. The highest BCUT2D eigenvalue weighted by molar-refractivity contribution is 7.12. The number of hydrogen-bond donors (Lipinski definition) is 1. The number of aliphatic imine (C=N–C) groups is 1. The van der Waals surface area contributed by atoms with Crippen molar-refractivity contribution in [2.75, 3.05) is 0 Å². The first-order valence-corrected chi connectivity index (χ1v) is 5.98. The van der Waals surface area contributed by atoms with E-state index in [1.807, 2.05) is 0 Å². The van der Waals surface area contributed by atoms with Crippen molar-refractivity contribution in [3.05, 3.63) is 21.4 Å². The Morgan fingerprint density at radius 2 is 2.00 bits per heavy atom. The van der Waals surface area contributed by atoms with Crippen molar-refractivity contribution >= 4 is 17.2 Å². The molecule has 0 amide bonds. The van der Waals surface area contributed by atoms with Crippen molar-refractivity contribution in [2.45, 2.75) is 41.2 Å². The second-order valence-corrected chi connectivity index (χ2v) is 6.24. The molecule has 0 saturated carbocycles. The molecule has 15 heavy (non-hydrogen) atoms. The van der Waals surface area contributed by atoms with Crippen LogP contribution in [0.1, 0.15) is 36.1 Å². The molecule has 0 radical (unpaired) electrons. The van der Waals surface area contributed by atoms with Crippen molar-refractivity contribution in [1.82, 2.24) is 0 Å². The van der Waals surface area contributed by atoms with Crippen LogP contribution in [0.4, 0.5) is 0 Å². The monoisotopic (exact) mass is 224 g/mol. The third-order valence-corrected chi connectivity index (χ3v) is 3.53. The molecule has 0 saturated heterocycles. The van der Waals surface area contributed by atoms with E-state index >= 15 is 0 Å². The summed E-state index contributed by atoms with van der Waals surface area (Å²) >= 11 is 1.80. The SMILES string of the molecule is Cc1cc(CN=C(N)C(C)(C)C)sc1C. The number of hydrogen-bond acceptors (Lipinski definition) is 2. The standard InChI is InChI=1S/C12H20N2S/c1-8-6-10(15-9(8)2)7-14-11(13)12(3,4)5/h6H,7H2,1-5H3,(H2,13,14). The van der Waals surface area contributed by atoms with Gasteiger partial charge in [0.1, 0.15) is 0 Å². The van der Waals surface area contributed by atoms with Gasteiger partial charge in [-0.1, -0.05) is 20.8 Å². The maximum absolute atomic E-state index is 5.90. The molecule has 3 heteroatoms. The summed E-state index contributed by atoms with van der Waals surface area (Å²) in [6.45, 7) is 11.2. The largest absolute Gasteiger partial charge is 0.387 e. The van der Waals surface area contributed by atoms with E-state index in [-0.39, 0.29) is 5.41 Å². The van der Waals surface area contributed by atoms with Gasteiger partial charge in [0, 0.05) is 15.2 Å². The fourth-order valence-corrected chi connectivity index (χ4v) is 2.11. The van der Waals surface area contributed by atoms with E-state index in [1.165, 1.54) is 15.3 Å². The van der Waals surface area contributed by atoms with Gasteiger partial charge in [-0.2, -0.15) is 0 Å². The number of rotatable bonds is 2. The predicted octanol–water partition coefficient (Wildman–Crippen LogP) is 3.27. The lowest BCUT2D eigenvalue weighted by atomic mass is 9.95. The minimum Gasteiger partial charge on any atom is -0.387 e. The fraction of sp³-hybridized carbons (Fsp3) is 0.583. The molecule has 0 unspecified atom stereocenters. The van der Waals surface area contributed by atoms with E-state index in [0.717, 1.165) is 5.84 Å². The summed E-state index contributed by atoms with van der Waals surface area (Å²) in [6.07, 6.45) is 0. The van der Waals surface area contributed by atoms with Crippen LogP contribution in [0.5, 0.6) is 0 Å². The Bertz CT molecular complexity index is 350. The van der Waals surface area contributed by atoms with Crippen LogP contribution in [0, 0.1) is 19.3 Å². The first-order valence-electron chi connectivity index (χ1n) is 5.17. The lowest BCUT2D eigenvalue weighted by molar-refractivity contribution is 0.581. The lowest BCUT2D eigenvalue weighted by Gasteiger charge is -2.17. The Morgan fingerprint density at radius 3 is 2.40 bits per heavy atom. The molecule has 1 heterocycles. The summed E-state index contributed by atoms with van der Waals surface area (Å²) in [5, 5.41) is 0. The zero-order chi connectivity index (χ0) is 11.6. The average molecular weight is 224 g/mol. The third kappa shape index (κ3) is 3.34. The van der Waals surface area contributed by atoms with E-state index in [0.29, 0.717) is 6.54 Å². The zero-order valence-corrected chi connectivity index (χ0v) is 11.0. The molecule has 0 bridgehead atoms. The molecule has 2 N–H and O–H groups in total. The molecule has 0 aliphatic carbocycles. The van der Waals surface area contributed by atoms with Crippen molar-refractivity contribution in [1.29, 1.82) is 0 Å². The van der Waals surface area contributed by atoms with Gasteiger partial charge in [-0.25, -0.2) is 0 Å². The highest BCUT2D eigenvalue weighted by Crippen LogP contribution is 2.22. The Labute approximate surface area is 96.2 Å². The van der Waals surface area contributed by atoms with Crippen molar-refractivity contribution in [2.24, 2.45) is 16.1 Å². The predicted molar refractivity (Wildman–Crippen MR) is 68.6 cm³/mol. The summed E-state index contributed by atoms with van der Waals surface area (Å²) in [5.41, 5.74) is 7.22. The molecule has 0 fully saturated rings. The number of amidine groups is 1. The van der Waals surface area contributed by atoms with Crippen LogP contribution in [0.25, 0.3) is 0 Å². The Balaban J connectivity index is 2.72. The Hall–Kier alpha value is -0.830. The molecule has 0 spiro atoms. The minimum atomic E-state index is -0.0264. The van der Waals surface area contributed by atoms with Crippen LogP contribution < -0.4 is 5.73 Å². The molecule has 1 aromatic heterocycles. The van der Waals surface area contributed by atoms with Gasteiger partial charge >= 0.3 is 0 Å². The first-order chi connectivity index (χ1) is 6.80. The first kappa shape index (κ1) is 12.2. The van der Waals surface area contributed by atoms with E-state index in [1.54, 1.807) is 11.3 Å². The normalized spacial score (nSPS) is 13.3. The molecule has 0 atom stereocenters. The Kier molecular flexibility index (Phi) is 3.55. The van der Waals surface area contributed by atoms with Gasteiger partial charge in [-0.3, -0.25) is 4.99 Å². The molecular weight excluding hydrogens is 204 g/mol. The highest BCUT2D eigenvalue weighted by Gasteiger charge is 2.15. The second kappa shape index (κ2) is 4.35. The molecule has 1 rings (SSSR count). The average Bonchev–Trinajstić information content (AvgIpc) is 2.41. The van der Waals surface area contributed by atoms with Gasteiger partial charge in [0.05, 0.1) is 12.4 Å². The Morgan fingerprint density at radius 1 is 1.40 bits per heavy atom. The van der Waals surface area contributed by atoms with Crippen LogP contribution in [0.2, 0.25) is 0 Å². The quantitative estimate of drug-likeness (QED) is 0.607. The van der Waals surface area contributed by atoms with Crippen molar-refractivity contribution in [3.8, 4) is 0 Å². The van der Waals surface area contributed by atoms with Gasteiger partial charge < -0.3 is 5.73 Å². The van der Waals surface area contributed by atoms with E-state index in [9.17, 15) is 0 Å². The minimum absolute atomic E-state index is 0.0264. The highest BCUT2D eigenvalue weighted by atomic mass is 32.1. The molecule has 0 aliphatic heterocycles. The molecule has 2 nitrogen and oxygen atoms in total. The van der Waals surface area contributed by atoms with Crippen LogP contribution in [-0.4, -0.2) is 5.84 Å². The third-order valence-electron chi connectivity index (χ3n) is 2.39. The van der Waals surface area contributed by atoms with Crippen LogP contribution in [-0.2, 0) is 6.54 Å². The smallest absolute Gasteiger partial charge is 0.0995 e. The molecule has 84 valence electrons. The maximum Gasteiger partial charge on any atom is 0.0995 e. The van der Waals surface area contributed by atoms with Crippen LogP contribution >= 0.6 is 11.3 Å². The maximum atomic E-state index is 5.90. The topological polar surface area (TPSA) is 38.4 Å². The summed E-state index contributed by atoms with van der Waals surface area (Å²) in [4.78, 5) is 7.08. The molecule has 0 aliphatic rings. The van der Waals surface area contributed by atoms with Gasteiger partial charge in [-0.15, -0.1) is 11.3 Å². The van der Waals surface area contributed by atoms with Gasteiger partial charge in [0.25, 0.3) is 0 Å². The van der Waals surface area contributed by atoms with E-state index < -0.39 is 0 Å². The molecule has 0 aromatic carbocycles. The number of nitrogens with two attached hydrogens (primary N) is 1. The van der Waals surface area contributed by atoms with Crippen LogP contribution in [0.3, 0.4) is 0 Å². The van der Waals surface area contributed by atoms with Crippen molar-refractivity contribution < 1.29 is 0 Å². The van der Waals surface area contributed by atoms with Gasteiger partial charge in [0.2, 0.25) is 0 Å². The summed E-state index contributed by atoms with van der Waals surface area (Å²) < 4.78 is 0. The van der Waals surface area contributed by atoms with E-state index in [2.05, 4.69) is 45.7 Å². The molecular formula is C12H20N2S. The zero-order valence-electron chi connectivity index (χ0n) is 10.2. The van der Waals surface area contributed by atoms with Crippen LogP contribution in [0.15, 0.2) is 11.1 Å².